The van der Waals surface area contributed by atoms with Gasteiger partial charge in [-0.05, 0) is 51.0 Å². The molecule has 45 heavy (non-hydrogen) atoms. The molecule has 0 radical (unpaired) electrons. The van der Waals surface area contributed by atoms with E-state index in [0.29, 0.717) is 38.5 Å². The van der Waals surface area contributed by atoms with Crippen molar-refractivity contribution in [2.24, 2.45) is 11.3 Å². The first-order valence-corrected chi connectivity index (χ1v) is 13.5. The van der Waals surface area contributed by atoms with Crippen LogP contribution in [0.5, 0.6) is 0 Å². The van der Waals surface area contributed by atoms with Gasteiger partial charge < -0.3 is 19.8 Å². The molecule has 2 atom stereocenters. The Balaban J connectivity index is 0.000000421. The predicted octanol–water partition coefficient (Wildman–Crippen LogP) is 3.97. The number of carbonyl (C=O) groups excluding carboxylic acids is 2. The molecule has 2 aliphatic heterocycles. The molecule has 0 bridgehead atoms. The second kappa shape index (κ2) is 15.6. The van der Waals surface area contributed by atoms with Gasteiger partial charge in [0.15, 0.2) is 0 Å². The Morgan fingerprint density at radius 1 is 0.978 bits per heavy atom. The van der Waals surface area contributed by atoms with Gasteiger partial charge in [0.1, 0.15) is 5.69 Å². The minimum absolute atomic E-state index is 0.0199. The summed E-state index contributed by atoms with van der Waals surface area (Å²) in [5.41, 5.74) is 1.85. The molecule has 1 amide bonds. The predicted molar refractivity (Wildman–Crippen MR) is 144 cm³/mol. The third-order valence-corrected chi connectivity index (χ3v) is 6.93. The summed E-state index contributed by atoms with van der Waals surface area (Å²) in [6.07, 6.45) is -7.04. The van der Waals surface area contributed by atoms with Crippen LogP contribution < -0.4 is 0 Å². The van der Waals surface area contributed by atoms with Crippen LogP contribution in [0.4, 0.5) is 26.3 Å². The third kappa shape index (κ3) is 10.7. The van der Waals surface area contributed by atoms with Gasteiger partial charge in [-0.2, -0.15) is 26.3 Å². The Labute approximate surface area is 253 Å². The van der Waals surface area contributed by atoms with Gasteiger partial charge in [0, 0.05) is 50.5 Å². The summed E-state index contributed by atoms with van der Waals surface area (Å²) in [6, 6.07) is 11.4. The number of likely N-dealkylation sites (tertiary alicyclic amines) is 2. The van der Waals surface area contributed by atoms with E-state index in [0.717, 1.165) is 30.8 Å². The summed E-state index contributed by atoms with van der Waals surface area (Å²) >= 11 is 0. The monoisotopic (exact) mass is 650 g/mol. The van der Waals surface area contributed by atoms with Crippen molar-refractivity contribution in [2.75, 3.05) is 32.8 Å². The number of aromatic nitrogens is 2. The van der Waals surface area contributed by atoms with E-state index >= 15 is 0 Å². The zero-order valence-corrected chi connectivity index (χ0v) is 24.3. The van der Waals surface area contributed by atoms with Crippen LogP contribution in [0.3, 0.4) is 0 Å². The SMILES string of the molecule is CCOC(=O)[C@]12CCCN(C(=O)c3ccccn3)C[C@H]1CN(Cc1cccc(C)n1)C2.O=C(O)C(F)(F)F.O=C(O)C(F)(F)F. The average Bonchev–Trinajstić information content (AvgIpc) is 3.19. The number of alkyl halides is 6. The number of aryl methyl sites for hydroxylation is 1. The van der Waals surface area contributed by atoms with Crippen molar-refractivity contribution < 1.29 is 60.5 Å². The molecule has 4 rings (SSSR count). The lowest BCUT2D eigenvalue weighted by molar-refractivity contribution is -0.193. The number of carbonyl (C=O) groups is 4. The van der Waals surface area contributed by atoms with Gasteiger partial charge in [0.2, 0.25) is 0 Å². The van der Waals surface area contributed by atoms with Crippen molar-refractivity contribution in [1.82, 2.24) is 19.8 Å². The Hall–Kier alpha value is -4.28. The lowest BCUT2D eigenvalue weighted by Crippen LogP contribution is -2.43. The highest BCUT2D eigenvalue weighted by Gasteiger charge is 2.54. The number of carboxylic acid groups (broad SMARTS) is 2. The van der Waals surface area contributed by atoms with Crippen LogP contribution >= 0.6 is 0 Å². The number of ether oxygens (including phenoxy) is 1. The molecule has 0 aromatic carbocycles. The van der Waals surface area contributed by atoms with E-state index in [1.165, 1.54) is 0 Å². The molecule has 2 fully saturated rings. The van der Waals surface area contributed by atoms with E-state index in [2.05, 4.69) is 14.9 Å². The van der Waals surface area contributed by atoms with Crippen molar-refractivity contribution in [3.05, 3.63) is 59.7 Å². The molecule has 2 N–H and O–H groups in total. The third-order valence-electron chi connectivity index (χ3n) is 6.93. The van der Waals surface area contributed by atoms with E-state index in [4.69, 9.17) is 24.5 Å². The second-order valence-corrected chi connectivity index (χ2v) is 10.2. The number of rotatable bonds is 5. The Bertz CT molecular complexity index is 1300. The molecule has 4 heterocycles. The number of nitrogens with zero attached hydrogens (tertiary/aromatic N) is 4. The topological polar surface area (TPSA) is 150 Å². The van der Waals surface area contributed by atoms with Crippen molar-refractivity contribution >= 4 is 23.8 Å². The summed E-state index contributed by atoms with van der Waals surface area (Å²) in [7, 11) is 0. The van der Waals surface area contributed by atoms with Crippen LogP contribution in [-0.2, 0) is 25.7 Å². The van der Waals surface area contributed by atoms with Crippen LogP contribution in [-0.4, -0.2) is 98.9 Å². The van der Waals surface area contributed by atoms with Gasteiger partial charge in [0.05, 0.1) is 17.7 Å². The summed E-state index contributed by atoms with van der Waals surface area (Å²) < 4.78 is 69.0. The van der Waals surface area contributed by atoms with Crippen LogP contribution in [0.2, 0.25) is 0 Å². The molecule has 17 heteroatoms. The summed E-state index contributed by atoms with van der Waals surface area (Å²) in [5.74, 6) is -5.70. The van der Waals surface area contributed by atoms with Gasteiger partial charge in [-0.3, -0.25) is 24.5 Å². The fourth-order valence-electron chi connectivity index (χ4n) is 5.02. The number of halogens is 6. The quantitative estimate of drug-likeness (QED) is 0.360. The highest BCUT2D eigenvalue weighted by atomic mass is 19.4. The number of carboxylic acids is 2. The van der Waals surface area contributed by atoms with Gasteiger partial charge in [-0.1, -0.05) is 12.1 Å². The van der Waals surface area contributed by atoms with Crippen molar-refractivity contribution in [1.29, 1.82) is 0 Å². The first-order chi connectivity index (χ1) is 20.9. The van der Waals surface area contributed by atoms with E-state index in [9.17, 15) is 35.9 Å². The molecule has 2 aliphatic rings. The molecule has 0 spiro atoms. The molecular formula is C28H32F6N4O7. The maximum absolute atomic E-state index is 13.2. The molecule has 0 unspecified atom stereocenters. The largest absolute Gasteiger partial charge is 0.490 e. The molecule has 11 nitrogen and oxygen atoms in total. The molecule has 248 valence electrons. The summed E-state index contributed by atoms with van der Waals surface area (Å²) in [5, 5.41) is 14.2. The smallest absolute Gasteiger partial charge is 0.475 e. The molecular weight excluding hydrogens is 618 g/mol. The average molecular weight is 651 g/mol. The van der Waals surface area contributed by atoms with E-state index < -0.39 is 29.7 Å². The molecule has 2 saturated heterocycles. The maximum atomic E-state index is 13.2. The van der Waals surface area contributed by atoms with Gasteiger partial charge >= 0.3 is 30.3 Å². The standard InChI is InChI=1S/C24H30N4O3.2C2HF3O2/c1-3-31-23(30)24-11-7-13-28(22(29)21-10-4-5-12-25-21)15-19(24)14-27(17-24)16-20-9-6-8-18(2)26-20;2*3-2(4,5)1(6)7/h4-6,8-10,12,19H,3,7,11,13-17H2,1-2H3;2*(H,6,7)/t19-,24+;;/m1../s1. The van der Waals surface area contributed by atoms with Crippen LogP contribution in [0.25, 0.3) is 0 Å². The fourth-order valence-corrected chi connectivity index (χ4v) is 5.02. The number of aliphatic carboxylic acids is 2. The highest BCUT2D eigenvalue weighted by molar-refractivity contribution is 5.92. The Morgan fingerprint density at radius 3 is 2.11 bits per heavy atom. The lowest BCUT2D eigenvalue weighted by Gasteiger charge is -2.31. The number of esters is 1. The highest BCUT2D eigenvalue weighted by Crippen LogP contribution is 2.44. The van der Waals surface area contributed by atoms with Crippen LogP contribution in [0.1, 0.15) is 41.6 Å². The zero-order valence-electron chi connectivity index (χ0n) is 24.3. The minimum atomic E-state index is -5.08. The van der Waals surface area contributed by atoms with E-state index in [1.54, 1.807) is 18.3 Å². The number of pyridine rings is 2. The van der Waals surface area contributed by atoms with Crippen LogP contribution in [0, 0.1) is 18.3 Å². The maximum Gasteiger partial charge on any atom is 0.490 e. The first kappa shape index (κ1) is 36.9. The van der Waals surface area contributed by atoms with Gasteiger partial charge in [-0.15, -0.1) is 0 Å². The Kier molecular flexibility index (Phi) is 12.8. The first-order valence-electron chi connectivity index (χ1n) is 13.5. The van der Waals surface area contributed by atoms with Crippen molar-refractivity contribution in [2.45, 2.75) is 45.6 Å². The summed E-state index contributed by atoms with van der Waals surface area (Å²) in [4.78, 5) is 57.1. The molecule has 2 aromatic heterocycles. The van der Waals surface area contributed by atoms with E-state index in [-0.39, 0.29) is 17.8 Å². The Morgan fingerprint density at radius 2 is 1.60 bits per heavy atom. The molecule has 0 aliphatic carbocycles. The fraction of sp³-hybridized carbons (Fsp3) is 0.500. The van der Waals surface area contributed by atoms with Crippen molar-refractivity contribution in [3.8, 4) is 0 Å². The normalized spacial score (nSPS) is 19.9. The van der Waals surface area contributed by atoms with Gasteiger partial charge in [0.25, 0.3) is 5.91 Å². The summed E-state index contributed by atoms with van der Waals surface area (Å²) in [6.45, 7) is 7.42. The zero-order chi connectivity index (χ0) is 34.0. The van der Waals surface area contributed by atoms with E-state index in [1.807, 2.05) is 43.0 Å². The van der Waals surface area contributed by atoms with Crippen molar-refractivity contribution in [3.63, 3.8) is 0 Å². The molecule has 2 aromatic rings. The molecule has 0 saturated carbocycles. The van der Waals surface area contributed by atoms with Gasteiger partial charge in [-0.25, -0.2) is 9.59 Å². The number of hydrogen-bond donors (Lipinski definition) is 2. The number of amides is 1. The van der Waals surface area contributed by atoms with Crippen LogP contribution in [0.15, 0.2) is 42.6 Å². The number of hydrogen-bond acceptors (Lipinski definition) is 8. The number of fused-ring (bicyclic) bond motifs is 1. The minimum Gasteiger partial charge on any atom is -0.475 e. The lowest BCUT2D eigenvalue weighted by atomic mass is 9.75. The second-order valence-electron chi connectivity index (χ2n) is 10.2.